The van der Waals surface area contributed by atoms with Gasteiger partial charge >= 0.3 is 0 Å². The zero-order valence-electron chi connectivity index (χ0n) is 7.70. The molecule has 0 amide bonds. The quantitative estimate of drug-likeness (QED) is 0.892. The number of nitrogens with two attached hydrogens (primary N) is 1. The second-order valence-electron chi connectivity index (χ2n) is 2.91. The summed E-state index contributed by atoms with van der Waals surface area (Å²) in [5.74, 6) is 1.52. The second kappa shape index (κ2) is 3.59. The highest BCUT2D eigenvalue weighted by molar-refractivity contribution is 9.10. The molecular weight excluding hydrogens is 246 g/mol. The molecule has 5 heteroatoms. The molecule has 0 spiro atoms. The van der Waals surface area contributed by atoms with E-state index in [1.54, 1.807) is 6.26 Å². The van der Waals surface area contributed by atoms with Gasteiger partial charge in [-0.2, -0.15) is 0 Å². The summed E-state index contributed by atoms with van der Waals surface area (Å²) in [7, 11) is 1.91. The van der Waals surface area contributed by atoms with Gasteiger partial charge in [0.25, 0.3) is 0 Å². The topological polar surface area (TPSA) is 57.0 Å². The van der Waals surface area contributed by atoms with Gasteiger partial charge in [0.1, 0.15) is 4.60 Å². The van der Waals surface area contributed by atoms with E-state index in [0.717, 1.165) is 21.9 Å². The van der Waals surface area contributed by atoms with Crippen molar-refractivity contribution in [3.8, 4) is 11.6 Å². The van der Waals surface area contributed by atoms with Crippen LogP contribution < -0.4 is 5.73 Å². The molecule has 2 N–H and O–H groups in total. The Balaban J connectivity index is 2.55. The first-order valence-corrected chi connectivity index (χ1v) is 4.98. The summed E-state index contributed by atoms with van der Waals surface area (Å²) >= 11 is 3.36. The van der Waals surface area contributed by atoms with Gasteiger partial charge in [0.15, 0.2) is 11.6 Å². The third kappa shape index (κ3) is 1.38. The lowest BCUT2D eigenvalue weighted by molar-refractivity contribution is 0.573. The SMILES string of the molecule is Cn1c(-c2ccco2)nc(Br)c1CN. The van der Waals surface area contributed by atoms with E-state index in [-0.39, 0.29) is 0 Å². The van der Waals surface area contributed by atoms with Gasteiger partial charge in [0.05, 0.1) is 12.0 Å². The van der Waals surface area contributed by atoms with Crippen molar-refractivity contribution in [2.24, 2.45) is 12.8 Å². The number of imidazole rings is 1. The van der Waals surface area contributed by atoms with Crippen LogP contribution in [0.2, 0.25) is 0 Å². The van der Waals surface area contributed by atoms with Gasteiger partial charge < -0.3 is 14.7 Å². The van der Waals surface area contributed by atoms with E-state index >= 15 is 0 Å². The molecule has 0 radical (unpaired) electrons. The molecule has 0 aliphatic rings. The Bertz CT molecular complexity index is 433. The number of aromatic nitrogens is 2. The Kier molecular flexibility index (Phi) is 2.43. The zero-order chi connectivity index (χ0) is 10.1. The monoisotopic (exact) mass is 255 g/mol. The van der Waals surface area contributed by atoms with Crippen LogP contribution in [-0.4, -0.2) is 9.55 Å². The Morgan fingerprint density at radius 1 is 1.64 bits per heavy atom. The maximum atomic E-state index is 5.60. The van der Waals surface area contributed by atoms with Gasteiger partial charge in [0.2, 0.25) is 0 Å². The summed E-state index contributed by atoms with van der Waals surface area (Å²) in [4.78, 5) is 4.33. The van der Waals surface area contributed by atoms with E-state index in [4.69, 9.17) is 10.2 Å². The number of rotatable bonds is 2. The van der Waals surface area contributed by atoms with Crippen LogP contribution in [0.4, 0.5) is 0 Å². The van der Waals surface area contributed by atoms with Crippen molar-refractivity contribution in [3.63, 3.8) is 0 Å². The summed E-state index contributed by atoms with van der Waals surface area (Å²) in [6, 6.07) is 3.70. The second-order valence-corrected chi connectivity index (χ2v) is 3.66. The molecule has 14 heavy (non-hydrogen) atoms. The van der Waals surface area contributed by atoms with Crippen molar-refractivity contribution in [1.29, 1.82) is 0 Å². The van der Waals surface area contributed by atoms with Gasteiger partial charge in [0, 0.05) is 13.6 Å². The number of nitrogens with zero attached hydrogens (tertiary/aromatic N) is 2. The molecule has 0 atom stereocenters. The zero-order valence-corrected chi connectivity index (χ0v) is 9.28. The maximum absolute atomic E-state index is 5.60. The summed E-state index contributed by atoms with van der Waals surface area (Å²) in [5.41, 5.74) is 6.55. The van der Waals surface area contributed by atoms with Crippen LogP contribution in [0.25, 0.3) is 11.6 Å². The fourth-order valence-electron chi connectivity index (χ4n) is 1.35. The number of hydrogen-bond acceptors (Lipinski definition) is 3. The molecule has 0 saturated carbocycles. The summed E-state index contributed by atoms with van der Waals surface area (Å²) in [5, 5.41) is 0. The van der Waals surface area contributed by atoms with E-state index in [1.807, 2.05) is 23.7 Å². The molecule has 0 aliphatic carbocycles. The minimum absolute atomic E-state index is 0.449. The highest BCUT2D eigenvalue weighted by Gasteiger charge is 2.14. The van der Waals surface area contributed by atoms with Gasteiger partial charge in [-0.1, -0.05) is 0 Å². The molecule has 2 aromatic rings. The molecule has 0 bridgehead atoms. The standard InChI is InChI=1S/C9H10BrN3O/c1-13-6(5-11)8(10)12-9(13)7-3-2-4-14-7/h2-4H,5,11H2,1H3. The first kappa shape index (κ1) is 9.48. The van der Waals surface area contributed by atoms with Crippen molar-refractivity contribution < 1.29 is 4.42 Å². The van der Waals surface area contributed by atoms with Gasteiger partial charge in [-0.05, 0) is 28.1 Å². The van der Waals surface area contributed by atoms with E-state index < -0.39 is 0 Å². The van der Waals surface area contributed by atoms with E-state index in [9.17, 15) is 0 Å². The van der Waals surface area contributed by atoms with Crippen LogP contribution in [-0.2, 0) is 13.6 Å². The largest absolute Gasteiger partial charge is 0.461 e. The lowest BCUT2D eigenvalue weighted by atomic mass is 10.4. The third-order valence-electron chi connectivity index (χ3n) is 2.10. The molecule has 0 fully saturated rings. The van der Waals surface area contributed by atoms with Crippen LogP contribution in [0.15, 0.2) is 27.4 Å². The molecule has 2 aromatic heterocycles. The van der Waals surface area contributed by atoms with Crippen LogP contribution in [0, 0.1) is 0 Å². The summed E-state index contributed by atoms with van der Waals surface area (Å²) < 4.78 is 7.96. The molecule has 0 saturated heterocycles. The summed E-state index contributed by atoms with van der Waals surface area (Å²) in [6.07, 6.45) is 1.63. The average molecular weight is 256 g/mol. The Morgan fingerprint density at radius 3 is 2.93 bits per heavy atom. The van der Waals surface area contributed by atoms with Crippen molar-refractivity contribution >= 4 is 15.9 Å². The molecule has 4 nitrogen and oxygen atoms in total. The molecule has 2 rings (SSSR count). The number of furan rings is 1. The fraction of sp³-hybridized carbons (Fsp3) is 0.222. The minimum Gasteiger partial charge on any atom is -0.461 e. The molecule has 0 aromatic carbocycles. The molecule has 2 heterocycles. The molecule has 74 valence electrons. The van der Waals surface area contributed by atoms with Crippen molar-refractivity contribution in [2.75, 3.05) is 0 Å². The maximum Gasteiger partial charge on any atom is 0.177 e. The normalized spacial score (nSPS) is 10.8. The van der Waals surface area contributed by atoms with Crippen LogP contribution >= 0.6 is 15.9 Å². The van der Waals surface area contributed by atoms with E-state index in [0.29, 0.717) is 6.54 Å². The van der Waals surface area contributed by atoms with Gasteiger partial charge in [-0.15, -0.1) is 0 Å². The highest BCUT2D eigenvalue weighted by Crippen LogP contribution is 2.24. The molecule has 0 aliphatic heterocycles. The van der Waals surface area contributed by atoms with E-state index in [1.165, 1.54) is 0 Å². The lowest BCUT2D eigenvalue weighted by Gasteiger charge is -2.00. The van der Waals surface area contributed by atoms with Crippen LogP contribution in [0.3, 0.4) is 0 Å². The Morgan fingerprint density at radius 2 is 2.43 bits per heavy atom. The Hall–Kier alpha value is -1.07. The molecular formula is C9H10BrN3O. The van der Waals surface area contributed by atoms with Gasteiger partial charge in [-0.25, -0.2) is 4.98 Å². The van der Waals surface area contributed by atoms with E-state index in [2.05, 4.69) is 20.9 Å². The Labute approximate surface area is 89.9 Å². The highest BCUT2D eigenvalue weighted by atomic mass is 79.9. The summed E-state index contributed by atoms with van der Waals surface area (Å²) in [6.45, 7) is 0.449. The van der Waals surface area contributed by atoms with Gasteiger partial charge in [-0.3, -0.25) is 0 Å². The van der Waals surface area contributed by atoms with Crippen molar-refractivity contribution in [3.05, 3.63) is 28.7 Å². The predicted molar refractivity (Wildman–Crippen MR) is 56.5 cm³/mol. The van der Waals surface area contributed by atoms with Crippen molar-refractivity contribution in [1.82, 2.24) is 9.55 Å². The first-order chi connectivity index (χ1) is 6.74. The predicted octanol–water partition coefficient (Wildman–Crippen LogP) is 1.90. The lowest BCUT2D eigenvalue weighted by Crippen LogP contribution is -2.04. The third-order valence-corrected chi connectivity index (χ3v) is 2.73. The fourth-order valence-corrected chi connectivity index (χ4v) is 1.94. The van der Waals surface area contributed by atoms with Crippen molar-refractivity contribution in [2.45, 2.75) is 6.54 Å². The number of hydrogen-bond donors (Lipinski definition) is 1. The minimum atomic E-state index is 0.449. The average Bonchev–Trinajstić information content (AvgIpc) is 2.74. The first-order valence-electron chi connectivity index (χ1n) is 4.19. The van der Waals surface area contributed by atoms with Crippen LogP contribution in [0.1, 0.15) is 5.69 Å². The number of halogens is 1. The smallest absolute Gasteiger partial charge is 0.177 e. The van der Waals surface area contributed by atoms with Crippen LogP contribution in [0.5, 0.6) is 0 Å². The molecule has 0 unspecified atom stereocenters.